The molecule has 17 heavy (non-hydrogen) atoms. The van der Waals surface area contributed by atoms with E-state index in [2.05, 4.69) is 33.0 Å². The standard InChI is InChI=1S/C13H28N2OS/c1-10(2)5-6-17-9-13(16)15-12(8-14)7-11(3)4/h10-12H,5-9,14H2,1-4H3,(H,15,16). The van der Waals surface area contributed by atoms with Crippen molar-refractivity contribution in [2.75, 3.05) is 18.1 Å². The van der Waals surface area contributed by atoms with Gasteiger partial charge in [-0.25, -0.2) is 0 Å². The molecule has 1 unspecified atom stereocenters. The van der Waals surface area contributed by atoms with Crippen LogP contribution < -0.4 is 11.1 Å². The largest absolute Gasteiger partial charge is 0.351 e. The van der Waals surface area contributed by atoms with E-state index in [0.29, 0.717) is 24.1 Å². The van der Waals surface area contributed by atoms with Crippen LogP contribution in [0.25, 0.3) is 0 Å². The Morgan fingerprint density at radius 2 is 1.88 bits per heavy atom. The number of nitrogens with two attached hydrogens (primary N) is 1. The Kier molecular flexibility index (Phi) is 9.65. The highest BCUT2D eigenvalue weighted by Crippen LogP contribution is 2.09. The molecule has 0 aromatic rings. The van der Waals surface area contributed by atoms with Crippen molar-refractivity contribution in [3.8, 4) is 0 Å². The van der Waals surface area contributed by atoms with Gasteiger partial charge in [-0.1, -0.05) is 27.7 Å². The minimum atomic E-state index is 0.120. The first-order valence-electron chi connectivity index (χ1n) is 6.52. The molecule has 0 heterocycles. The van der Waals surface area contributed by atoms with Crippen LogP contribution in [-0.2, 0) is 4.79 Å². The molecule has 3 nitrogen and oxygen atoms in total. The molecule has 0 aliphatic rings. The molecule has 4 heteroatoms. The quantitative estimate of drug-likeness (QED) is 0.625. The van der Waals surface area contributed by atoms with Crippen molar-refractivity contribution in [3.63, 3.8) is 0 Å². The predicted octanol–water partition coefficient (Wildman–Crippen LogP) is 2.26. The highest BCUT2D eigenvalue weighted by atomic mass is 32.2. The van der Waals surface area contributed by atoms with Crippen LogP contribution in [0.2, 0.25) is 0 Å². The van der Waals surface area contributed by atoms with E-state index in [1.165, 1.54) is 6.42 Å². The molecule has 0 aliphatic carbocycles. The highest BCUT2D eigenvalue weighted by molar-refractivity contribution is 7.99. The summed E-state index contributed by atoms with van der Waals surface area (Å²) in [7, 11) is 0. The second-order valence-electron chi connectivity index (χ2n) is 5.36. The van der Waals surface area contributed by atoms with E-state index in [4.69, 9.17) is 5.73 Å². The Labute approximate surface area is 110 Å². The molecule has 0 radical (unpaired) electrons. The van der Waals surface area contributed by atoms with E-state index < -0.39 is 0 Å². The van der Waals surface area contributed by atoms with Crippen LogP contribution in [0.15, 0.2) is 0 Å². The average molecular weight is 260 g/mol. The highest BCUT2D eigenvalue weighted by Gasteiger charge is 2.12. The number of amides is 1. The van der Waals surface area contributed by atoms with Gasteiger partial charge in [-0.05, 0) is 30.4 Å². The zero-order chi connectivity index (χ0) is 13.3. The van der Waals surface area contributed by atoms with E-state index in [1.54, 1.807) is 11.8 Å². The molecule has 3 N–H and O–H groups in total. The second kappa shape index (κ2) is 9.77. The number of carbonyl (C=O) groups is 1. The summed E-state index contributed by atoms with van der Waals surface area (Å²) in [4.78, 5) is 11.7. The first-order valence-corrected chi connectivity index (χ1v) is 7.68. The maximum Gasteiger partial charge on any atom is 0.230 e. The molecule has 0 aromatic carbocycles. The summed E-state index contributed by atoms with van der Waals surface area (Å²) in [5.41, 5.74) is 5.64. The molecule has 102 valence electrons. The summed E-state index contributed by atoms with van der Waals surface area (Å²) in [5.74, 6) is 3.01. The number of carbonyl (C=O) groups excluding carboxylic acids is 1. The summed E-state index contributed by atoms with van der Waals surface area (Å²) >= 11 is 1.71. The third-order valence-electron chi connectivity index (χ3n) is 2.48. The van der Waals surface area contributed by atoms with Gasteiger partial charge in [0.25, 0.3) is 0 Å². The Bertz CT molecular complexity index is 208. The van der Waals surface area contributed by atoms with E-state index >= 15 is 0 Å². The fraction of sp³-hybridized carbons (Fsp3) is 0.923. The molecular formula is C13H28N2OS. The Hall–Kier alpha value is -0.220. The molecule has 0 aliphatic heterocycles. The molecule has 0 fully saturated rings. The number of hydrogen-bond donors (Lipinski definition) is 2. The van der Waals surface area contributed by atoms with Gasteiger partial charge in [0.2, 0.25) is 5.91 Å². The normalized spacial score (nSPS) is 13.1. The van der Waals surface area contributed by atoms with Crippen LogP contribution in [0.5, 0.6) is 0 Å². The number of hydrogen-bond acceptors (Lipinski definition) is 3. The van der Waals surface area contributed by atoms with Crippen molar-refractivity contribution < 1.29 is 4.79 Å². The van der Waals surface area contributed by atoms with E-state index in [0.717, 1.165) is 12.2 Å². The fourth-order valence-corrected chi connectivity index (χ4v) is 2.59. The van der Waals surface area contributed by atoms with Crippen molar-refractivity contribution >= 4 is 17.7 Å². The average Bonchev–Trinajstić information content (AvgIpc) is 2.22. The molecule has 0 rings (SSSR count). The summed E-state index contributed by atoms with van der Waals surface area (Å²) in [6, 6.07) is 0.133. The third-order valence-corrected chi connectivity index (χ3v) is 3.47. The van der Waals surface area contributed by atoms with E-state index in [1.807, 2.05) is 0 Å². The summed E-state index contributed by atoms with van der Waals surface area (Å²) in [5, 5.41) is 3.00. The van der Waals surface area contributed by atoms with Gasteiger partial charge in [-0.3, -0.25) is 4.79 Å². The van der Waals surface area contributed by atoms with Gasteiger partial charge in [0, 0.05) is 12.6 Å². The SMILES string of the molecule is CC(C)CCSCC(=O)NC(CN)CC(C)C. The minimum Gasteiger partial charge on any atom is -0.351 e. The van der Waals surface area contributed by atoms with Gasteiger partial charge < -0.3 is 11.1 Å². The van der Waals surface area contributed by atoms with Crippen molar-refractivity contribution in [1.29, 1.82) is 0 Å². The Morgan fingerprint density at radius 3 is 2.35 bits per heavy atom. The molecule has 0 saturated heterocycles. The smallest absolute Gasteiger partial charge is 0.230 e. The Balaban J connectivity index is 3.68. The van der Waals surface area contributed by atoms with Crippen molar-refractivity contribution in [3.05, 3.63) is 0 Å². The third kappa shape index (κ3) is 10.6. The lowest BCUT2D eigenvalue weighted by Gasteiger charge is -2.18. The first kappa shape index (κ1) is 16.8. The summed E-state index contributed by atoms with van der Waals surface area (Å²) < 4.78 is 0. The molecule has 0 bridgehead atoms. The number of rotatable bonds is 9. The lowest BCUT2D eigenvalue weighted by molar-refractivity contribution is -0.119. The van der Waals surface area contributed by atoms with Gasteiger partial charge in [-0.15, -0.1) is 0 Å². The van der Waals surface area contributed by atoms with Gasteiger partial charge in [0.1, 0.15) is 0 Å². The summed E-state index contributed by atoms with van der Waals surface area (Å²) in [6.07, 6.45) is 2.13. The first-order chi connectivity index (χ1) is 7.95. The van der Waals surface area contributed by atoms with Crippen LogP contribution >= 0.6 is 11.8 Å². The monoisotopic (exact) mass is 260 g/mol. The maximum atomic E-state index is 11.7. The Morgan fingerprint density at radius 1 is 1.24 bits per heavy atom. The van der Waals surface area contributed by atoms with E-state index in [9.17, 15) is 4.79 Å². The molecule has 0 saturated carbocycles. The van der Waals surface area contributed by atoms with Gasteiger partial charge in [0.15, 0.2) is 0 Å². The van der Waals surface area contributed by atoms with Crippen LogP contribution in [0, 0.1) is 11.8 Å². The lowest BCUT2D eigenvalue weighted by atomic mass is 10.0. The van der Waals surface area contributed by atoms with Gasteiger partial charge >= 0.3 is 0 Å². The minimum absolute atomic E-state index is 0.120. The zero-order valence-corrected chi connectivity index (χ0v) is 12.5. The molecule has 1 amide bonds. The maximum absolute atomic E-state index is 11.7. The van der Waals surface area contributed by atoms with Gasteiger partial charge in [-0.2, -0.15) is 11.8 Å². The second-order valence-corrected chi connectivity index (χ2v) is 6.47. The van der Waals surface area contributed by atoms with Crippen LogP contribution in [-0.4, -0.2) is 30.0 Å². The van der Waals surface area contributed by atoms with Crippen LogP contribution in [0.1, 0.15) is 40.5 Å². The summed E-state index contributed by atoms with van der Waals surface area (Å²) in [6.45, 7) is 9.22. The fourth-order valence-electron chi connectivity index (χ4n) is 1.54. The number of nitrogens with one attached hydrogen (secondary N) is 1. The topological polar surface area (TPSA) is 55.1 Å². The van der Waals surface area contributed by atoms with Gasteiger partial charge in [0.05, 0.1) is 5.75 Å². The number of thioether (sulfide) groups is 1. The zero-order valence-electron chi connectivity index (χ0n) is 11.7. The molecule has 1 atom stereocenters. The predicted molar refractivity (Wildman–Crippen MR) is 77.2 cm³/mol. The van der Waals surface area contributed by atoms with Crippen molar-refractivity contribution in [1.82, 2.24) is 5.32 Å². The molecule has 0 spiro atoms. The molecule has 0 aromatic heterocycles. The van der Waals surface area contributed by atoms with Crippen molar-refractivity contribution in [2.45, 2.75) is 46.6 Å². The lowest BCUT2D eigenvalue weighted by Crippen LogP contribution is -2.41. The molecular weight excluding hydrogens is 232 g/mol. The van der Waals surface area contributed by atoms with E-state index in [-0.39, 0.29) is 11.9 Å². The van der Waals surface area contributed by atoms with Crippen LogP contribution in [0.3, 0.4) is 0 Å². The van der Waals surface area contributed by atoms with Crippen LogP contribution in [0.4, 0.5) is 0 Å². The van der Waals surface area contributed by atoms with Crippen molar-refractivity contribution in [2.24, 2.45) is 17.6 Å².